The maximum absolute atomic E-state index is 13.5. The molecule has 2 aromatic rings. The van der Waals surface area contributed by atoms with Gasteiger partial charge in [-0.2, -0.15) is 0 Å². The van der Waals surface area contributed by atoms with Gasteiger partial charge >= 0.3 is 0 Å². The predicted molar refractivity (Wildman–Crippen MR) is 70.8 cm³/mol. The molecule has 0 heterocycles. The molecule has 0 spiro atoms. The van der Waals surface area contributed by atoms with Gasteiger partial charge in [0.05, 0.1) is 21.4 Å². The minimum atomic E-state index is -1.77. The van der Waals surface area contributed by atoms with E-state index in [0.717, 1.165) is 18.2 Å². The van der Waals surface area contributed by atoms with E-state index >= 15 is 0 Å². The van der Waals surface area contributed by atoms with Crippen molar-refractivity contribution in [3.63, 3.8) is 0 Å². The summed E-state index contributed by atoms with van der Waals surface area (Å²) < 4.78 is 51.8. The summed E-state index contributed by atoms with van der Waals surface area (Å²) in [5.41, 5.74) is 6.54. The van der Waals surface area contributed by atoms with Gasteiger partial charge in [-0.15, -0.1) is 0 Å². The average Bonchev–Trinajstić information content (AvgIpc) is 2.43. The Hall–Kier alpha value is -1.66. The molecule has 2 rings (SSSR count). The highest BCUT2D eigenvalue weighted by Crippen LogP contribution is 2.20. The van der Waals surface area contributed by atoms with Crippen molar-refractivity contribution >= 4 is 10.8 Å². The molecule has 6 heteroatoms. The number of rotatable bonds is 4. The molecular formula is C14H12F3NOS. The molecule has 1 atom stereocenters. The third-order valence-electron chi connectivity index (χ3n) is 2.81. The van der Waals surface area contributed by atoms with Crippen molar-refractivity contribution in [2.45, 2.75) is 17.2 Å². The van der Waals surface area contributed by atoms with Crippen molar-refractivity contribution in [3.05, 3.63) is 65.0 Å². The lowest BCUT2D eigenvalue weighted by molar-refractivity contribution is 0.572. The summed E-state index contributed by atoms with van der Waals surface area (Å²) in [4.78, 5) is -0.211. The molecule has 20 heavy (non-hydrogen) atoms. The summed E-state index contributed by atoms with van der Waals surface area (Å²) >= 11 is 0. The van der Waals surface area contributed by atoms with Crippen LogP contribution in [0.1, 0.15) is 11.1 Å². The van der Waals surface area contributed by atoms with Gasteiger partial charge in [-0.3, -0.25) is 4.21 Å². The van der Waals surface area contributed by atoms with Gasteiger partial charge in [0.2, 0.25) is 0 Å². The third kappa shape index (κ3) is 3.26. The van der Waals surface area contributed by atoms with E-state index in [2.05, 4.69) is 0 Å². The van der Waals surface area contributed by atoms with Crippen LogP contribution in [0, 0.1) is 17.5 Å². The zero-order chi connectivity index (χ0) is 14.7. The Morgan fingerprint density at radius 2 is 1.60 bits per heavy atom. The van der Waals surface area contributed by atoms with Crippen LogP contribution in [0.4, 0.5) is 13.2 Å². The smallest absolute Gasteiger partial charge is 0.139 e. The van der Waals surface area contributed by atoms with Crippen LogP contribution in [-0.4, -0.2) is 4.21 Å². The van der Waals surface area contributed by atoms with Gasteiger partial charge < -0.3 is 5.73 Å². The summed E-state index contributed by atoms with van der Waals surface area (Å²) in [6.45, 7) is 0.0793. The highest BCUT2D eigenvalue weighted by molar-refractivity contribution is 7.84. The van der Waals surface area contributed by atoms with Crippen LogP contribution in [0.3, 0.4) is 0 Å². The molecule has 106 valence electrons. The molecule has 0 radical (unpaired) electrons. The molecule has 0 saturated carbocycles. The number of hydrogen-bond donors (Lipinski definition) is 1. The van der Waals surface area contributed by atoms with E-state index in [1.165, 1.54) is 18.2 Å². The fraction of sp³-hybridized carbons (Fsp3) is 0.143. The topological polar surface area (TPSA) is 43.1 Å². The zero-order valence-corrected chi connectivity index (χ0v) is 11.2. The van der Waals surface area contributed by atoms with E-state index in [-0.39, 0.29) is 17.2 Å². The Morgan fingerprint density at radius 1 is 0.950 bits per heavy atom. The minimum absolute atomic E-state index is 0.0484. The monoisotopic (exact) mass is 299 g/mol. The molecule has 0 aliphatic carbocycles. The van der Waals surface area contributed by atoms with Crippen molar-refractivity contribution in [2.24, 2.45) is 5.73 Å². The summed E-state index contributed by atoms with van der Waals surface area (Å²) in [6, 6.07) is 6.70. The van der Waals surface area contributed by atoms with Gasteiger partial charge in [0, 0.05) is 6.54 Å². The Kier molecular flexibility index (Phi) is 4.57. The SMILES string of the molecule is NCc1cc(F)ccc1CS(=O)c1cc(F)ccc1F. The predicted octanol–water partition coefficient (Wildman–Crippen LogP) is 2.87. The fourth-order valence-electron chi connectivity index (χ4n) is 1.80. The van der Waals surface area contributed by atoms with Gasteiger partial charge in [-0.25, -0.2) is 13.2 Å². The number of benzene rings is 2. The molecular weight excluding hydrogens is 287 g/mol. The largest absolute Gasteiger partial charge is 0.326 e. The first-order valence-corrected chi connectivity index (χ1v) is 7.14. The second-order valence-electron chi connectivity index (χ2n) is 4.18. The molecule has 0 saturated heterocycles. The van der Waals surface area contributed by atoms with E-state index in [4.69, 9.17) is 5.73 Å². The second-order valence-corrected chi connectivity index (χ2v) is 5.60. The number of nitrogens with two attached hydrogens (primary N) is 1. The quantitative estimate of drug-likeness (QED) is 0.943. The van der Waals surface area contributed by atoms with Crippen molar-refractivity contribution in [1.29, 1.82) is 0 Å². The summed E-state index contributed by atoms with van der Waals surface area (Å²) in [7, 11) is -1.77. The normalized spacial score (nSPS) is 12.4. The Balaban J connectivity index is 2.30. The average molecular weight is 299 g/mol. The van der Waals surface area contributed by atoms with Crippen LogP contribution in [0.15, 0.2) is 41.3 Å². The van der Waals surface area contributed by atoms with Gasteiger partial charge in [0.15, 0.2) is 0 Å². The Labute approximate surface area is 116 Å². The lowest BCUT2D eigenvalue weighted by atomic mass is 10.1. The van der Waals surface area contributed by atoms with Crippen molar-refractivity contribution in [1.82, 2.24) is 0 Å². The lowest BCUT2D eigenvalue weighted by Gasteiger charge is -2.09. The Morgan fingerprint density at radius 3 is 2.30 bits per heavy atom. The summed E-state index contributed by atoms with van der Waals surface area (Å²) in [5.74, 6) is -1.89. The molecule has 0 aromatic heterocycles. The van der Waals surface area contributed by atoms with Crippen LogP contribution in [0.25, 0.3) is 0 Å². The molecule has 0 aliphatic rings. The molecule has 0 aliphatic heterocycles. The van der Waals surface area contributed by atoms with Crippen LogP contribution >= 0.6 is 0 Å². The van der Waals surface area contributed by atoms with Crippen LogP contribution in [-0.2, 0) is 23.1 Å². The highest BCUT2D eigenvalue weighted by atomic mass is 32.2. The van der Waals surface area contributed by atoms with Gasteiger partial charge in [0.1, 0.15) is 17.5 Å². The van der Waals surface area contributed by atoms with E-state index in [1.807, 2.05) is 0 Å². The molecule has 0 bridgehead atoms. The van der Waals surface area contributed by atoms with Gasteiger partial charge in [-0.05, 0) is 41.5 Å². The first kappa shape index (κ1) is 14.7. The second kappa shape index (κ2) is 6.19. The van der Waals surface area contributed by atoms with E-state index in [1.54, 1.807) is 0 Å². The number of halogens is 3. The third-order valence-corrected chi connectivity index (χ3v) is 4.19. The summed E-state index contributed by atoms with van der Waals surface area (Å²) in [5, 5.41) is 0. The van der Waals surface area contributed by atoms with E-state index in [0.29, 0.717) is 11.1 Å². The van der Waals surface area contributed by atoms with Crippen molar-refractivity contribution < 1.29 is 17.4 Å². The fourth-order valence-corrected chi connectivity index (χ4v) is 3.05. The van der Waals surface area contributed by atoms with E-state index < -0.39 is 28.3 Å². The molecule has 1 unspecified atom stereocenters. The zero-order valence-electron chi connectivity index (χ0n) is 10.4. The maximum Gasteiger partial charge on any atom is 0.139 e. The first-order chi connectivity index (χ1) is 9.51. The van der Waals surface area contributed by atoms with E-state index in [9.17, 15) is 17.4 Å². The summed E-state index contributed by atoms with van der Waals surface area (Å²) in [6.07, 6.45) is 0. The van der Waals surface area contributed by atoms with Crippen LogP contribution in [0.2, 0.25) is 0 Å². The number of hydrogen-bond acceptors (Lipinski definition) is 2. The standard InChI is InChI=1S/C14H12F3NOS/c15-11-2-1-9(10(5-11)7-18)8-20(19)14-6-12(16)3-4-13(14)17/h1-6H,7-8,18H2. The van der Waals surface area contributed by atoms with Crippen molar-refractivity contribution in [3.8, 4) is 0 Å². The molecule has 2 N–H and O–H groups in total. The van der Waals surface area contributed by atoms with Gasteiger partial charge in [-0.1, -0.05) is 6.07 Å². The van der Waals surface area contributed by atoms with Crippen LogP contribution < -0.4 is 5.73 Å². The molecule has 0 amide bonds. The first-order valence-electron chi connectivity index (χ1n) is 5.82. The minimum Gasteiger partial charge on any atom is -0.326 e. The lowest BCUT2D eigenvalue weighted by Crippen LogP contribution is -2.06. The molecule has 2 nitrogen and oxygen atoms in total. The van der Waals surface area contributed by atoms with Crippen LogP contribution in [0.5, 0.6) is 0 Å². The molecule has 0 fully saturated rings. The highest BCUT2D eigenvalue weighted by Gasteiger charge is 2.14. The van der Waals surface area contributed by atoms with Gasteiger partial charge in [0.25, 0.3) is 0 Å². The van der Waals surface area contributed by atoms with Crippen molar-refractivity contribution in [2.75, 3.05) is 0 Å². The maximum atomic E-state index is 13.5. The molecule has 2 aromatic carbocycles. The Bertz CT molecular complexity index is 661.